The number of nitrogens with one attached hydrogen (secondary N) is 2. The average Bonchev–Trinajstić information content (AvgIpc) is 2.64. The highest BCUT2D eigenvalue weighted by Crippen LogP contribution is 2.30. The number of halogens is 4. The number of amides is 1. The molecule has 0 atom stereocenters. The third-order valence-corrected chi connectivity index (χ3v) is 3.62. The van der Waals surface area contributed by atoms with Crippen molar-refractivity contribution in [2.45, 2.75) is 19.0 Å². The van der Waals surface area contributed by atoms with Crippen LogP contribution in [0.15, 0.2) is 48.5 Å². The maximum Gasteiger partial charge on any atom is 0.416 e. The summed E-state index contributed by atoms with van der Waals surface area (Å²) in [6, 6.07) is 10.4. The van der Waals surface area contributed by atoms with Crippen LogP contribution in [0, 0.1) is 5.82 Å². The molecule has 0 saturated carbocycles. The largest absolute Gasteiger partial charge is 0.494 e. The topological polar surface area (TPSA) is 50.4 Å². The van der Waals surface area contributed by atoms with Crippen LogP contribution in [0.4, 0.5) is 23.2 Å². The van der Waals surface area contributed by atoms with Crippen LogP contribution < -0.4 is 15.4 Å². The summed E-state index contributed by atoms with van der Waals surface area (Å²) in [5.41, 5.74) is -0.540. The smallest absolute Gasteiger partial charge is 0.416 e. The molecule has 0 aliphatic rings. The van der Waals surface area contributed by atoms with Gasteiger partial charge in [0.15, 0.2) is 0 Å². The number of hydrogen-bond acceptors (Lipinski definition) is 3. The molecular weight excluding hydrogens is 364 g/mol. The predicted molar refractivity (Wildman–Crippen MR) is 94.1 cm³/mol. The van der Waals surface area contributed by atoms with Gasteiger partial charge in [-0.1, -0.05) is 6.07 Å². The molecular formula is C19H20F4N2O2. The first kappa shape index (κ1) is 20.5. The van der Waals surface area contributed by atoms with Gasteiger partial charge in [-0.25, -0.2) is 4.39 Å². The van der Waals surface area contributed by atoms with E-state index in [4.69, 9.17) is 4.74 Å². The molecule has 2 rings (SSSR count). The minimum absolute atomic E-state index is 0.118. The van der Waals surface area contributed by atoms with Crippen LogP contribution in [0.5, 0.6) is 5.75 Å². The van der Waals surface area contributed by atoms with Crippen molar-refractivity contribution >= 4 is 11.6 Å². The van der Waals surface area contributed by atoms with Crippen LogP contribution in [-0.4, -0.2) is 25.6 Å². The summed E-state index contributed by atoms with van der Waals surface area (Å²) < 4.78 is 56.1. The molecule has 2 aromatic carbocycles. The molecule has 0 aromatic heterocycles. The summed E-state index contributed by atoms with van der Waals surface area (Å²) in [4.78, 5) is 11.7. The summed E-state index contributed by atoms with van der Waals surface area (Å²) in [5.74, 6) is -0.0682. The summed E-state index contributed by atoms with van der Waals surface area (Å²) >= 11 is 0. The second-order valence-corrected chi connectivity index (χ2v) is 5.79. The molecule has 0 unspecified atom stereocenters. The minimum Gasteiger partial charge on any atom is -0.494 e. The van der Waals surface area contributed by atoms with Crippen LogP contribution in [-0.2, 0) is 11.0 Å². The van der Waals surface area contributed by atoms with E-state index >= 15 is 0 Å². The third-order valence-electron chi connectivity index (χ3n) is 3.62. The zero-order valence-corrected chi connectivity index (χ0v) is 14.5. The van der Waals surface area contributed by atoms with E-state index in [1.165, 1.54) is 36.4 Å². The highest BCUT2D eigenvalue weighted by atomic mass is 19.4. The monoisotopic (exact) mass is 384 g/mol. The van der Waals surface area contributed by atoms with Gasteiger partial charge in [-0.15, -0.1) is 0 Å². The Kier molecular flexibility index (Phi) is 7.45. The van der Waals surface area contributed by atoms with Crippen LogP contribution in [0.1, 0.15) is 18.4 Å². The van der Waals surface area contributed by atoms with E-state index in [9.17, 15) is 22.4 Å². The second-order valence-electron chi connectivity index (χ2n) is 5.79. The van der Waals surface area contributed by atoms with Gasteiger partial charge in [-0.05, 0) is 55.3 Å². The molecule has 0 aliphatic heterocycles. The molecule has 1 amide bonds. The number of alkyl halides is 3. The number of anilines is 1. The van der Waals surface area contributed by atoms with Gasteiger partial charge in [0.05, 0.1) is 18.7 Å². The van der Waals surface area contributed by atoms with Crippen LogP contribution in [0.2, 0.25) is 0 Å². The molecule has 4 nitrogen and oxygen atoms in total. The Labute approximate surface area is 154 Å². The molecule has 0 radical (unpaired) electrons. The molecule has 0 fully saturated rings. The van der Waals surface area contributed by atoms with Crippen molar-refractivity contribution < 1.29 is 27.1 Å². The molecule has 0 aliphatic carbocycles. The Balaban J connectivity index is 1.59. The lowest BCUT2D eigenvalue weighted by atomic mass is 10.2. The summed E-state index contributed by atoms with van der Waals surface area (Å²) in [6.45, 7) is 0.743. The van der Waals surface area contributed by atoms with Gasteiger partial charge in [-0.3, -0.25) is 4.79 Å². The first-order valence-corrected chi connectivity index (χ1v) is 8.41. The predicted octanol–water partition coefficient (Wildman–Crippen LogP) is 4.23. The molecule has 0 bridgehead atoms. The molecule has 146 valence electrons. The number of carbonyl (C=O) groups is 1. The van der Waals surface area contributed by atoms with E-state index in [2.05, 4.69) is 10.6 Å². The Morgan fingerprint density at radius 1 is 1.04 bits per heavy atom. The van der Waals surface area contributed by atoms with Crippen molar-refractivity contribution in [3.63, 3.8) is 0 Å². The number of rotatable bonds is 9. The van der Waals surface area contributed by atoms with Crippen LogP contribution in [0.3, 0.4) is 0 Å². The van der Waals surface area contributed by atoms with Gasteiger partial charge in [0.2, 0.25) is 5.91 Å². The fourth-order valence-electron chi connectivity index (χ4n) is 2.23. The van der Waals surface area contributed by atoms with E-state index in [1.54, 1.807) is 0 Å². The highest BCUT2D eigenvalue weighted by molar-refractivity contribution is 5.80. The lowest BCUT2D eigenvalue weighted by molar-refractivity contribution is -0.137. The van der Waals surface area contributed by atoms with Gasteiger partial charge < -0.3 is 15.4 Å². The number of carbonyl (C=O) groups excluding carboxylic acids is 1. The average molecular weight is 384 g/mol. The van der Waals surface area contributed by atoms with E-state index in [1.807, 2.05) is 0 Å². The van der Waals surface area contributed by atoms with Crippen LogP contribution in [0.25, 0.3) is 0 Å². The van der Waals surface area contributed by atoms with E-state index < -0.39 is 11.7 Å². The third kappa shape index (κ3) is 7.55. The number of hydrogen-bond donors (Lipinski definition) is 2. The Bertz CT molecular complexity index is 733. The molecule has 8 heteroatoms. The number of ether oxygens (including phenoxy) is 1. The first-order chi connectivity index (χ1) is 12.8. The van der Waals surface area contributed by atoms with Gasteiger partial charge in [0, 0.05) is 12.2 Å². The summed E-state index contributed by atoms with van der Waals surface area (Å²) in [7, 11) is 0. The van der Waals surface area contributed by atoms with E-state index in [0.29, 0.717) is 31.7 Å². The fraction of sp³-hybridized carbons (Fsp3) is 0.316. The zero-order chi connectivity index (χ0) is 19.7. The second kappa shape index (κ2) is 9.80. The fourth-order valence-corrected chi connectivity index (χ4v) is 2.23. The molecule has 0 saturated heterocycles. The highest BCUT2D eigenvalue weighted by Gasteiger charge is 2.30. The van der Waals surface area contributed by atoms with Gasteiger partial charge in [0.1, 0.15) is 11.6 Å². The Hall–Kier alpha value is -2.77. The van der Waals surface area contributed by atoms with Crippen molar-refractivity contribution in [1.82, 2.24) is 5.32 Å². The van der Waals surface area contributed by atoms with Crippen LogP contribution >= 0.6 is 0 Å². The van der Waals surface area contributed by atoms with Crippen molar-refractivity contribution in [2.24, 2.45) is 0 Å². The van der Waals surface area contributed by atoms with Gasteiger partial charge in [0.25, 0.3) is 0 Å². The van der Waals surface area contributed by atoms with Gasteiger partial charge >= 0.3 is 6.18 Å². The summed E-state index contributed by atoms with van der Waals surface area (Å²) in [5, 5.41) is 5.34. The number of benzene rings is 2. The van der Waals surface area contributed by atoms with Crippen molar-refractivity contribution in [2.75, 3.05) is 25.0 Å². The van der Waals surface area contributed by atoms with Crippen molar-refractivity contribution in [3.8, 4) is 5.75 Å². The normalized spacial score (nSPS) is 11.1. The van der Waals surface area contributed by atoms with Crippen molar-refractivity contribution in [1.29, 1.82) is 0 Å². The SMILES string of the molecule is O=C(CNc1cccc(C(F)(F)F)c1)NCCCCOc1ccc(F)cc1. The lowest BCUT2D eigenvalue weighted by Crippen LogP contribution is -2.30. The summed E-state index contributed by atoms with van der Waals surface area (Å²) in [6.07, 6.45) is -3.05. The molecule has 2 aromatic rings. The zero-order valence-electron chi connectivity index (χ0n) is 14.5. The lowest BCUT2D eigenvalue weighted by Gasteiger charge is -2.11. The van der Waals surface area contributed by atoms with E-state index in [-0.39, 0.29) is 24.0 Å². The quantitative estimate of drug-likeness (QED) is 0.503. The van der Waals surface area contributed by atoms with E-state index in [0.717, 1.165) is 12.1 Å². The standard InChI is InChI=1S/C19H20F4N2O2/c20-15-6-8-17(9-7-15)27-11-2-1-10-24-18(26)13-25-16-5-3-4-14(12-16)19(21,22)23/h3-9,12,25H,1-2,10-11,13H2,(H,24,26). The Morgan fingerprint density at radius 2 is 1.78 bits per heavy atom. The van der Waals surface area contributed by atoms with Gasteiger partial charge in [-0.2, -0.15) is 13.2 Å². The molecule has 27 heavy (non-hydrogen) atoms. The first-order valence-electron chi connectivity index (χ1n) is 8.41. The number of unbranched alkanes of at least 4 members (excludes halogenated alkanes) is 1. The molecule has 0 spiro atoms. The maximum atomic E-state index is 12.7. The Morgan fingerprint density at radius 3 is 2.48 bits per heavy atom. The maximum absolute atomic E-state index is 12.7. The van der Waals surface area contributed by atoms with Crippen molar-refractivity contribution in [3.05, 3.63) is 59.9 Å². The molecule has 0 heterocycles. The molecule has 2 N–H and O–H groups in total. The minimum atomic E-state index is -4.42.